The van der Waals surface area contributed by atoms with Gasteiger partial charge < -0.3 is 14.6 Å². The van der Waals surface area contributed by atoms with E-state index >= 15 is 0 Å². The lowest BCUT2D eigenvalue weighted by Crippen LogP contribution is -2.28. The number of nitrogens with one attached hydrogen (secondary N) is 1. The highest BCUT2D eigenvalue weighted by Crippen LogP contribution is 2.36. The van der Waals surface area contributed by atoms with Gasteiger partial charge >= 0.3 is 0 Å². The smallest absolute Gasteiger partial charge is 0.150 e. The van der Waals surface area contributed by atoms with E-state index in [1.165, 1.54) is 5.56 Å². The predicted molar refractivity (Wildman–Crippen MR) is 117 cm³/mol. The predicted octanol–water partition coefficient (Wildman–Crippen LogP) is 4.99. The third-order valence-electron chi connectivity index (χ3n) is 5.51. The molecule has 5 heteroatoms. The monoisotopic (exact) mass is 384 g/mol. The summed E-state index contributed by atoms with van der Waals surface area (Å²) in [4.78, 5) is 9.31. The second-order valence-electron chi connectivity index (χ2n) is 7.57. The Morgan fingerprint density at radius 3 is 2.62 bits per heavy atom. The van der Waals surface area contributed by atoms with Crippen molar-refractivity contribution in [1.29, 1.82) is 0 Å². The summed E-state index contributed by atoms with van der Waals surface area (Å²) in [6.45, 7) is 3.70. The summed E-state index contributed by atoms with van der Waals surface area (Å²) in [6.07, 6.45) is 5.82. The minimum atomic E-state index is 0.368. The van der Waals surface area contributed by atoms with Gasteiger partial charge in [0.1, 0.15) is 12.1 Å². The molecular formula is C24H24N4O. The maximum absolute atomic E-state index is 5.51. The third-order valence-corrected chi connectivity index (χ3v) is 5.51. The highest BCUT2D eigenvalue weighted by molar-refractivity contribution is 6.02. The number of nitrogens with zero attached hydrogens (tertiary/aromatic N) is 3. The average molecular weight is 384 g/mol. The summed E-state index contributed by atoms with van der Waals surface area (Å²) in [5.41, 5.74) is 5.54. The molecule has 5 nitrogen and oxygen atoms in total. The first-order valence-electron chi connectivity index (χ1n) is 10.1. The molecule has 1 aliphatic rings. The second kappa shape index (κ2) is 7.68. The summed E-state index contributed by atoms with van der Waals surface area (Å²) in [6, 6.07) is 19.3. The van der Waals surface area contributed by atoms with Gasteiger partial charge in [-0.3, -0.25) is 0 Å². The number of hydrogen-bond acceptors (Lipinski definition) is 4. The van der Waals surface area contributed by atoms with E-state index in [1.54, 1.807) is 6.33 Å². The second-order valence-corrected chi connectivity index (χ2v) is 7.57. The molecule has 0 spiro atoms. The van der Waals surface area contributed by atoms with Crippen LogP contribution in [0.1, 0.15) is 18.4 Å². The van der Waals surface area contributed by atoms with Gasteiger partial charge in [-0.2, -0.15) is 0 Å². The molecule has 3 heterocycles. The van der Waals surface area contributed by atoms with E-state index in [2.05, 4.69) is 81.5 Å². The maximum atomic E-state index is 5.51. The lowest BCUT2D eigenvalue weighted by molar-refractivity contribution is 0.0904. The molecule has 1 saturated heterocycles. The average Bonchev–Trinajstić information content (AvgIpc) is 3.16. The molecule has 0 amide bonds. The molecule has 0 saturated carbocycles. The first-order valence-corrected chi connectivity index (χ1v) is 10.1. The zero-order valence-corrected chi connectivity index (χ0v) is 16.5. The van der Waals surface area contributed by atoms with E-state index in [1.807, 2.05) is 6.07 Å². The van der Waals surface area contributed by atoms with Crippen LogP contribution in [0.15, 0.2) is 67.1 Å². The fourth-order valence-electron chi connectivity index (χ4n) is 4.02. The van der Waals surface area contributed by atoms with Gasteiger partial charge in [-0.15, -0.1) is 0 Å². The van der Waals surface area contributed by atoms with Crippen LogP contribution in [-0.2, 0) is 4.74 Å². The minimum absolute atomic E-state index is 0.368. The Balaban J connectivity index is 1.70. The zero-order chi connectivity index (χ0) is 19.6. The Kier molecular flexibility index (Phi) is 4.74. The van der Waals surface area contributed by atoms with E-state index in [-0.39, 0.29) is 0 Å². The fraction of sp³-hybridized carbons (Fsp3) is 0.250. The number of fused-ring (bicyclic) bond motifs is 1. The van der Waals surface area contributed by atoms with Crippen LogP contribution in [0.25, 0.3) is 27.8 Å². The molecular weight excluding hydrogens is 360 g/mol. The van der Waals surface area contributed by atoms with Crippen molar-refractivity contribution in [2.75, 3.05) is 18.5 Å². The van der Waals surface area contributed by atoms with E-state index in [9.17, 15) is 0 Å². The van der Waals surface area contributed by atoms with Crippen molar-refractivity contribution in [2.45, 2.75) is 25.8 Å². The van der Waals surface area contributed by atoms with Crippen LogP contribution in [0.2, 0.25) is 0 Å². The highest BCUT2D eigenvalue weighted by atomic mass is 16.5. The SMILES string of the molecule is Cc1cccc(-n2cc(-c3ccccc3)c3c(NC4CCOCC4)ncnc32)c1. The Morgan fingerprint density at radius 1 is 1.00 bits per heavy atom. The van der Waals surface area contributed by atoms with Crippen LogP contribution in [-0.4, -0.2) is 33.8 Å². The molecule has 0 aliphatic carbocycles. The molecule has 0 unspecified atom stereocenters. The molecule has 2 aromatic heterocycles. The lowest BCUT2D eigenvalue weighted by atomic mass is 10.1. The van der Waals surface area contributed by atoms with Crippen molar-refractivity contribution in [3.8, 4) is 16.8 Å². The number of hydrogen-bond donors (Lipinski definition) is 1. The van der Waals surface area contributed by atoms with Gasteiger partial charge in [-0.05, 0) is 43.0 Å². The quantitative estimate of drug-likeness (QED) is 0.539. The van der Waals surface area contributed by atoms with Crippen molar-refractivity contribution in [2.24, 2.45) is 0 Å². The molecule has 5 rings (SSSR count). The van der Waals surface area contributed by atoms with E-state index in [0.29, 0.717) is 6.04 Å². The van der Waals surface area contributed by atoms with Crippen molar-refractivity contribution in [3.63, 3.8) is 0 Å². The first kappa shape index (κ1) is 17.9. The van der Waals surface area contributed by atoms with E-state index in [0.717, 1.165) is 59.7 Å². The molecule has 0 radical (unpaired) electrons. The first-order chi connectivity index (χ1) is 14.3. The zero-order valence-electron chi connectivity index (χ0n) is 16.5. The van der Waals surface area contributed by atoms with Crippen molar-refractivity contribution >= 4 is 16.9 Å². The van der Waals surface area contributed by atoms with Crippen LogP contribution in [0.5, 0.6) is 0 Å². The highest BCUT2D eigenvalue weighted by Gasteiger charge is 2.20. The molecule has 29 heavy (non-hydrogen) atoms. The molecule has 146 valence electrons. The third kappa shape index (κ3) is 3.49. The van der Waals surface area contributed by atoms with Crippen LogP contribution in [0, 0.1) is 6.92 Å². The van der Waals surface area contributed by atoms with Crippen molar-refractivity contribution in [3.05, 3.63) is 72.7 Å². The van der Waals surface area contributed by atoms with E-state index < -0.39 is 0 Å². The largest absolute Gasteiger partial charge is 0.381 e. The Hall–Kier alpha value is -3.18. The van der Waals surface area contributed by atoms with Crippen LogP contribution in [0.3, 0.4) is 0 Å². The summed E-state index contributed by atoms with van der Waals surface area (Å²) < 4.78 is 7.68. The number of ether oxygens (including phenoxy) is 1. The van der Waals surface area contributed by atoms with Crippen LogP contribution < -0.4 is 5.32 Å². The molecule has 0 atom stereocenters. The number of aromatic nitrogens is 3. The number of rotatable bonds is 4. The molecule has 0 bridgehead atoms. The van der Waals surface area contributed by atoms with Gasteiger partial charge in [0.2, 0.25) is 0 Å². The molecule has 2 aromatic carbocycles. The van der Waals surface area contributed by atoms with Crippen molar-refractivity contribution < 1.29 is 4.74 Å². The standard InChI is InChI=1S/C24H24N4O/c1-17-6-5-9-20(14-17)28-15-21(18-7-3-2-4-8-18)22-23(25-16-26-24(22)28)27-19-10-12-29-13-11-19/h2-9,14-16,19H,10-13H2,1H3,(H,25,26,27). The Bertz CT molecular complexity index is 1130. The lowest BCUT2D eigenvalue weighted by Gasteiger charge is -2.24. The minimum Gasteiger partial charge on any atom is -0.381 e. The van der Waals surface area contributed by atoms with Crippen LogP contribution >= 0.6 is 0 Å². The molecule has 4 aromatic rings. The van der Waals surface area contributed by atoms with Gasteiger partial charge in [0.25, 0.3) is 0 Å². The number of anilines is 1. The maximum Gasteiger partial charge on any atom is 0.150 e. The number of benzene rings is 2. The van der Waals surface area contributed by atoms with Gasteiger partial charge in [0.15, 0.2) is 5.65 Å². The van der Waals surface area contributed by atoms with Gasteiger partial charge in [0, 0.05) is 36.7 Å². The molecule has 1 aliphatic heterocycles. The summed E-state index contributed by atoms with van der Waals surface area (Å²) in [7, 11) is 0. The molecule has 1 fully saturated rings. The topological polar surface area (TPSA) is 52.0 Å². The summed E-state index contributed by atoms with van der Waals surface area (Å²) >= 11 is 0. The fourth-order valence-corrected chi connectivity index (χ4v) is 4.02. The normalized spacial score (nSPS) is 14.9. The van der Waals surface area contributed by atoms with Gasteiger partial charge in [-0.1, -0.05) is 42.5 Å². The number of aryl methyl sites for hydroxylation is 1. The Labute approximate surface area is 170 Å². The van der Waals surface area contributed by atoms with Gasteiger partial charge in [-0.25, -0.2) is 9.97 Å². The van der Waals surface area contributed by atoms with Crippen LogP contribution in [0.4, 0.5) is 5.82 Å². The van der Waals surface area contributed by atoms with E-state index in [4.69, 9.17) is 4.74 Å². The summed E-state index contributed by atoms with van der Waals surface area (Å²) in [5, 5.41) is 4.73. The Morgan fingerprint density at radius 2 is 1.83 bits per heavy atom. The van der Waals surface area contributed by atoms with Crippen molar-refractivity contribution in [1.82, 2.24) is 14.5 Å². The van der Waals surface area contributed by atoms with Gasteiger partial charge in [0.05, 0.1) is 5.39 Å². The molecule has 1 N–H and O–H groups in total. The summed E-state index contributed by atoms with van der Waals surface area (Å²) in [5.74, 6) is 0.896.